The summed E-state index contributed by atoms with van der Waals surface area (Å²) < 4.78 is 5.21. The molecular formula is C55H90O2. The van der Waals surface area contributed by atoms with Gasteiger partial charge in [0.2, 0.25) is 0 Å². The Bertz CT molecular complexity index is 1430. The number of rotatable bonds is 31. The lowest BCUT2D eigenvalue weighted by Gasteiger charge is -2.06. The lowest BCUT2D eigenvalue weighted by molar-refractivity contribution is -0.147. The van der Waals surface area contributed by atoms with Crippen LogP contribution < -0.4 is 0 Å². The van der Waals surface area contributed by atoms with Crippen molar-refractivity contribution >= 4 is 5.97 Å². The molecule has 0 N–H and O–H groups in total. The third-order valence-corrected chi connectivity index (χ3v) is 10.6. The summed E-state index contributed by atoms with van der Waals surface area (Å²) >= 11 is 0. The van der Waals surface area contributed by atoms with Crippen LogP contribution in [0.25, 0.3) is 0 Å². The molecule has 0 aliphatic carbocycles. The summed E-state index contributed by atoms with van der Waals surface area (Å²) in [5.41, 5.74) is 14.9. The highest BCUT2D eigenvalue weighted by atomic mass is 16.5. The molecule has 2 heteroatoms. The minimum Gasteiger partial charge on any atom is -0.463 e. The summed E-state index contributed by atoms with van der Waals surface area (Å²) in [6, 6.07) is 0. The van der Waals surface area contributed by atoms with E-state index in [1.165, 1.54) is 101 Å². The Kier molecular flexibility index (Phi) is 33.0. The Morgan fingerprint density at radius 1 is 0.316 bits per heavy atom. The molecule has 0 aromatic heterocycles. The monoisotopic (exact) mass is 783 g/mol. The molecule has 0 unspecified atom stereocenters. The summed E-state index contributed by atoms with van der Waals surface area (Å²) in [4.78, 5) is 11.7. The standard InChI is InChI=1S/C55H90O2/c1-44(2)24-14-25-46(5)26-15-27-47(6)28-16-29-48(7)30-17-31-49(8)32-18-33-50(9)34-19-35-51(10)36-20-37-52(11)38-21-39-53(12)40-22-41-54(13)42-23-43-55(56)57-45(3)4/h24,26,28,30,32,34,36,38,40,42,45H,14-23,25,27,29,31,33,35,37,39,41,43H2,1-13H3/b46-26-,47-28+,48-30-,49-32+,50-34+,51-36-,52-38+,53-40-,54-42-. The van der Waals surface area contributed by atoms with Crippen molar-refractivity contribution in [2.75, 3.05) is 0 Å². The minimum absolute atomic E-state index is 0.0333. The summed E-state index contributed by atoms with van der Waals surface area (Å²) in [5, 5.41) is 0. The maximum absolute atomic E-state index is 11.7. The number of hydrogen-bond donors (Lipinski definition) is 0. The first-order chi connectivity index (χ1) is 27.1. The highest BCUT2D eigenvalue weighted by Crippen LogP contribution is 2.18. The molecule has 0 aromatic carbocycles. The molecule has 0 aromatic rings. The summed E-state index contributed by atoms with van der Waals surface area (Å²) in [7, 11) is 0. The summed E-state index contributed by atoms with van der Waals surface area (Å²) in [6.45, 7) is 28.6. The molecule has 0 rings (SSSR count). The Balaban J connectivity index is 4.26. The van der Waals surface area contributed by atoms with Gasteiger partial charge in [0.05, 0.1) is 6.10 Å². The number of esters is 1. The molecule has 0 aliphatic rings. The van der Waals surface area contributed by atoms with E-state index in [0.29, 0.717) is 6.42 Å². The van der Waals surface area contributed by atoms with Gasteiger partial charge in [-0.25, -0.2) is 0 Å². The van der Waals surface area contributed by atoms with Crippen LogP contribution >= 0.6 is 0 Å². The van der Waals surface area contributed by atoms with Gasteiger partial charge in [-0.1, -0.05) is 116 Å². The zero-order valence-electron chi connectivity index (χ0n) is 39.8. The fourth-order valence-electron chi connectivity index (χ4n) is 6.64. The highest BCUT2D eigenvalue weighted by molar-refractivity contribution is 5.69. The van der Waals surface area contributed by atoms with Crippen molar-refractivity contribution in [2.24, 2.45) is 0 Å². The van der Waals surface area contributed by atoms with Crippen molar-refractivity contribution in [1.29, 1.82) is 0 Å². The number of allylic oxidation sites excluding steroid dienone is 20. The molecule has 2 nitrogen and oxygen atoms in total. The summed E-state index contributed by atoms with van der Waals surface area (Å²) in [5.74, 6) is -0.104. The van der Waals surface area contributed by atoms with Gasteiger partial charge in [-0.2, -0.15) is 0 Å². The van der Waals surface area contributed by atoms with E-state index in [0.717, 1.165) is 77.0 Å². The second kappa shape index (κ2) is 34.9. The van der Waals surface area contributed by atoms with Crippen molar-refractivity contribution < 1.29 is 9.53 Å². The first-order valence-electron chi connectivity index (χ1n) is 22.8. The van der Waals surface area contributed by atoms with E-state index >= 15 is 0 Å². The minimum atomic E-state index is -0.104. The van der Waals surface area contributed by atoms with E-state index in [9.17, 15) is 4.79 Å². The van der Waals surface area contributed by atoms with Gasteiger partial charge in [0, 0.05) is 6.42 Å². The van der Waals surface area contributed by atoms with Crippen LogP contribution in [0.4, 0.5) is 0 Å². The maximum atomic E-state index is 11.7. The van der Waals surface area contributed by atoms with Crippen molar-refractivity contribution in [1.82, 2.24) is 0 Å². The van der Waals surface area contributed by atoms with E-state index in [2.05, 4.69) is 137 Å². The molecule has 0 aliphatic heterocycles. The van der Waals surface area contributed by atoms with Crippen LogP contribution in [0, 0.1) is 0 Å². The van der Waals surface area contributed by atoms with E-state index < -0.39 is 0 Å². The van der Waals surface area contributed by atoms with Crippen molar-refractivity contribution in [3.63, 3.8) is 0 Å². The molecule has 57 heavy (non-hydrogen) atoms. The first kappa shape index (κ1) is 53.9. The normalized spacial score (nSPS) is 14.5. The zero-order chi connectivity index (χ0) is 42.8. The van der Waals surface area contributed by atoms with Gasteiger partial charge in [-0.05, 0) is 212 Å². The summed E-state index contributed by atoms with van der Waals surface area (Å²) in [6.07, 6.45) is 45.9. The molecule has 0 saturated heterocycles. The van der Waals surface area contributed by atoms with Crippen LogP contribution in [0.1, 0.15) is 218 Å². The van der Waals surface area contributed by atoms with Crippen molar-refractivity contribution in [3.05, 3.63) is 116 Å². The van der Waals surface area contributed by atoms with Crippen LogP contribution in [0.3, 0.4) is 0 Å². The molecule has 0 spiro atoms. The van der Waals surface area contributed by atoms with E-state index in [1.54, 1.807) is 0 Å². The smallest absolute Gasteiger partial charge is 0.306 e. The lowest BCUT2D eigenvalue weighted by atomic mass is 10.0. The van der Waals surface area contributed by atoms with Gasteiger partial charge in [-0.3, -0.25) is 4.79 Å². The molecule has 0 radical (unpaired) electrons. The second-order valence-electron chi connectivity index (χ2n) is 17.7. The third kappa shape index (κ3) is 36.9. The largest absolute Gasteiger partial charge is 0.463 e. The molecule has 0 saturated carbocycles. The highest BCUT2D eigenvalue weighted by Gasteiger charge is 2.04. The molecule has 0 bridgehead atoms. The van der Waals surface area contributed by atoms with Gasteiger partial charge in [0.1, 0.15) is 0 Å². The van der Waals surface area contributed by atoms with E-state index in [1.807, 2.05) is 13.8 Å². The molecular weight excluding hydrogens is 693 g/mol. The lowest BCUT2D eigenvalue weighted by Crippen LogP contribution is -2.10. The Morgan fingerprint density at radius 2 is 0.491 bits per heavy atom. The third-order valence-electron chi connectivity index (χ3n) is 10.6. The molecule has 0 atom stereocenters. The average Bonchev–Trinajstić information content (AvgIpc) is 3.11. The molecule has 322 valence electrons. The van der Waals surface area contributed by atoms with Gasteiger partial charge < -0.3 is 4.74 Å². The second-order valence-corrected chi connectivity index (χ2v) is 17.7. The van der Waals surface area contributed by atoms with E-state index in [-0.39, 0.29) is 12.1 Å². The van der Waals surface area contributed by atoms with Gasteiger partial charge in [0.25, 0.3) is 0 Å². The molecule has 0 amide bonds. The van der Waals surface area contributed by atoms with Crippen molar-refractivity contribution in [3.8, 4) is 0 Å². The molecule has 0 heterocycles. The van der Waals surface area contributed by atoms with Crippen LogP contribution in [-0.4, -0.2) is 12.1 Å². The first-order valence-corrected chi connectivity index (χ1v) is 22.8. The maximum Gasteiger partial charge on any atom is 0.306 e. The topological polar surface area (TPSA) is 26.3 Å². The number of carbonyl (C=O) groups is 1. The predicted octanol–water partition coefficient (Wildman–Crippen LogP) is 18.2. The number of carbonyl (C=O) groups excluding carboxylic acids is 1. The average molecular weight is 783 g/mol. The SMILES string of the molecule is CC(C)=CCC/C(C)=C\CC/C(C)=C/CC/C(C)=C\CC/C(C)=C/CC/C(C)=C/CC/C(C)=C\CC/C(C)=C/CC/C(C)=C\CC/C(C)=C\CCC(=O)OC(C)C. The van der Waals surface area contributed by atoms with Crippen LogP contribution in [0.2, 0.25) is 0 Å². The fraction of sp³-hybridized carbons (Fsp3) is 0.618. The van der Waals surface area contributed by atoms with Crippen molar-refractivity contribution in [2.45, 2.75) is 225 Å². The predicted molar refractivity (Wildman–Crippen MR) is 257 cm³/mol. The quantitative estimate of drug-likeness (QED) is 0.0517. The number of hydrogen-bond acceptors (Lipinski definition) is 2. The van der Waals surface area contributed by atoms with Gasteiger partial charge >= 0.3 is 5.97 Å². The van der Waals surface area contributed by atoms with Crippen LogP contribution in [0.15, 0.2) is 116 Å². The Labute approximate surface area is 355 Å². The van der Waals surface area contributed by atoms with Crippen LogP contribution in [-0.2, 0) is 9.53 Å². The Morgan fingerprint density at radius 3 is 0.667 bits per heavy atom. The number of ether oxygens (including phenoxy) is 1. The molecule has 0 fully saturated rings. The van der Waals surface area contributed by atoms with E-state index in [4.69, 9.17) is 4.74 Å². The van der Waals surface area contributed by atoms with Crippen LogP contribution in [0.5, 0.6) is 0 Å². The van der Waals surface area contributed by atoms with Gasteiger partial charge in [-0.15, -0.1) is 0 Å². The zero-order valence-corrected chi connectivity index (χ0v) is 39.8. The van der Waals surface area contributed by atoms with Gasteiger partial charge in [0.15, 0.2) is 0 Å². The Hall–Kier alpha value is -3.13. The fourth-order valence-corrected chi connectivity index (χ4v) is 6.64.